The summed E-state index contributed by atoms with van der Waals surface area (Å²) >= 11 is 0. The lowest BCUT2D eigenvalue weighted by atomic mass is 10.1. The van der Waals surface area contributed by atoms with Gasteiger partial charge in [-0.05, 0) is 18.2 Å². The number of ether oxygens (including phenoxy) is 2. The van der Waals surface area contributed by atoms with E-state index in [-0.39, 0.29) is 5.69 Å². The summed E-state index contributed by atoms with van der Waals surface area (Å²) in [6, 6.07) is 5.97. The van der Waals surface area contributed by atoms with Crippen molar-refractivity contribution >= 4 is 22.8 Å². The number of carbonyl (C=O) groups is 2. The molecule has 0 fully saturated rings. The van der Waals surface area contributed by atoms with Gasteiger partial charge in [-0.2, -0.15) is 0 Å². The Kier molecular flexibility index (Phi) is 3.33. The fourth-order valence-corrected chi connectivity index (χ4v) is 1.71. The minimum atomic E-state index is -1.12. The fourth-order valence-electron chi connectivity index (χ4n) is 1.71. The number of carbonyl (C=O) groups excluding carboxylic acids is 1. The van der Waals surface area contributed by atoms with Crippen molar-refractivity contribution in [2.45, 2.75) is 0 Å². The van der Waals surface area contributed by atoms with Gasteiger partial charge in [0.05, 0.1) is 19.8 Å². The van der Waals surface area contributed by atoms with Crippen LogP contribution in [-0.4, -0.2) is 36.2 Å². The van der Waals surface area contributed by atoms with Crippen LogP contribution in [0.25, 0.3) is 10.9 Å². The van der Waals surface area contributed by atoms with Crippen LogP contribution in [0.4, 0.5) is 0 Å². The SMILES string of the molecule is COC(=O)c1cc(OC)c2nc(C(=O)O)ccc2c1. The van der Waals surface area contributed by atoms with Crippen molar-refractivity contribution in [2.75, 3.05) is 14.2 Å². The summed E-state index contributed by atoms with van der Waals surface area (Å²) in [5, 5.41) is 9.51. The first-order valence-electron chi connectivity index (χ1n) is 5.37. The molecule has 0 spiro atoms. The molecule has 0 aliphatic carbocycles. The number of carboxylic acid groups (broad SMARTS) is 1. The van der Waals surface area contributed by atoms with Crippen molar-refractivity contribution in [3.8, 4) is 5.75 Å². The predicted octanol–water partition coefficient (Wildman–Crippen LogP) is 1.73. The number of nitrogens with zero attached hydrogens (tertiary/aromatic N) is 1. The number of methoxy groups -OCH3 is 2. The van der Waals surface area contributed by atoms with Crippen molar-refractivity contribution in [3.63, 3.8) is 0 Å². The van der Waals surface area contributed by atoms with Gasteiger partial charge in [-0.15, -0.1) is 0 Å². The summed E-state index contributed by atoms with van der Waals surface area (Å²) in [7, 11) is 2.70. The van der Waals surface area contributed by atoms with Crippen molar-refractivity contribution in [2.24, 2.45) is 0 Å². The Labute approximate surface area is 108 Å². The number of aromatic nitrogens is 1. The summed E-state index contributed by atoms with van der Waals surface area (Å²) in [4.78, 5) is 26.4. The van der Waals surface area contributed by atoms with E-state index in [0.29, 0.717) is 22.2 Å². The van der Waals surface area contributed by atoms with Crippen molar-refractivity contribution < 1.29 is 24.2 Å². The topological polar surface area (TPSA) is 85.7 Å². The number of benzene rings is 1. The van der Waals surface area contributed by atoms with Gasteiger partial charge >= 0.3 is 11.9 Å². The summed E-state index contributed by atoms with van der Waals surface area (Å²) < 4.78 is 9.77. The number of carboxylic acids is 1. The molecule has 98 valence electrons. The number of hydrogen-bond donors (Lipinski definition) is 1. The molecule has 1 aromatic heterocycles. The molecule has 0 aliphatic heterocycles. The molecule has 0 bridgehead atoms. The highest BCUT2D eigenvalue weighted by atomic mass is 16.5. The Morgan fingerprint density at radius 3 is 2.53 bits per heavy atom. The number of hydrogen-bond acceptors (Lipinski definition) is 5. The molecule has 2 aromatic rings. The maximum atomic E-state index is 11.5. The van der Waals surface area contributed by atoms with Gasteiger partial charge in [0.1, 0.15) is 17.0 Å². The molecule has 2 rings (SSSR count). The van der Waals surface area contributed by atoms with Gasteiger partial charge in [0.25, 0.3) is 0 Å². The highest BCUT2D eigenvalue weighted by Crippen LogP contribution is 2.26. The summed E-state index contributed by atoms with van der Waals surface area (Å²) in [6.07, 6.45) is 0. The van der Waals surface area contributed by atoms with Gasteiger partial charge in [0.2, 0.25) is 0 Å². The van der Waals surface area contributed by atoms with E-state index in [1.54, 1.807) is 12.1 Å². The van der Waals surface area contributed by atoms with Crippen LogP contribution in [0.15, 0.2) is 24.3 Å². The standard InChI is InChI=1S/C13H11NO5/c1-18-10-6-8(13(17)19-2)5-7-3-4-9(12(15)16)14-11(7)10/h3-6H,1-2H3,(H,15,16). The molecule has 0 unspecified atom stereocenters. The van der Waals surface area contributed by atoms with Crippen molar-refractivity contribution in [1.82, 2.24) is 4.98 Å². The van der Waals surface area contributed by atoms with Crippen LogP contribution in [0, 0.1) is 0 Å². The fraction of sp³-hybridized carbons (Fsp3) is 0.154. The summed E-state index contributed by atoms with van der Waals surface area (Å²) in [5.74, 6) is -1.30. The Bertz CT molecular complexity index is 665. The van der Waals surface area contributed by atoms with Crippen LogP contribution in [0.3, 0.4) is 0 Å². The minimum absolute atomic E-state index is 0.0865. The second-order valence-corrected chi connectivity index (χ2v) is 3.74. The second kappa shape index (κ2) is 4.93. The zero-order chi connectivity index (χ0) is 14.0. The average molecular weight is 261 g/mol. The first kappa shape index (κ1) is 12.8. The van der Waals surface area contributed by atoms with Crippen LogP contribution >= 0.6 is 0 Å². The lowest BCUT2D eigenvalue weighted by molar-refractivity contribution is 0.0599. The summed E-state index contributed by atoms with van der Waals surface area (Å²) in [6.45, 7) is 0. The summed E-state index contributed by atoms with van der Waals surface area (Å²) in [5.41, 5.74) is 0.614. The Hall–Kier alpha value is -2.63. The zero-order valence-electron chi connectivity index (χ0n) is 10.3. The average Bonchev–Trinajstić information content (AvgIpc) is 2.44. The van der Waals surface area contributed by atoms with Crippen LogP contribution in [0.2, 0.25) is 0 Å². The number of pyridine rings is 1. The van der Waals surface area contributed by atoms with E-state index in [0.717, 1.165) is 0 Å². The first-order chi connectivity index (χ1) is 9.06. The highest BCUT2D eigenvalue weighted by Gasteiger charge is 2.14. The van der Waals surface area contributed by atoms with Gasteiger partial charge < -0.3 is 14.6 Å². The molecule has 0 saturated carbocycles. The Morgan fingerprint density at radius 1 is 1.21 bits per heavy atom. The molecule has 0 amide bonds. The quantitative estimate of drug-likeness (QED) is 0.847. The van der Waals surface area contributed by atoms with E-state index in [4.69, 9.17) is 9.84 Å². The maximum Gasteiger partial charge on any atom is 0.354 e. The Morgan fingerprint density at radius 2 is 1.95 bits per heavy atom. The molecule has 0 radical (unpaired) electrons. The van der Waals surface area contributed by atoms with E-state index in [2.05, 4.69) is 9.72 Å². The van der Waals surface area contributed by atoms with Gasteiger partial charge in [-0.3, -0.25) is 0 Å². The van der Waals surface area contributed by atoms with Crippen molar-refractivity contribution in [3.05, 3.63) is 35.5 Å². The third kappa shape index (κ3) is 2.33. The van der Waals surface area contributed by atoms with Crippen LogP contribution in [0.1, 0.15) is 20.8 Å². The van der Waals surface area contributed by atoms with E-state index in [1.165, 1.54) is 26.4 Å². The van der Waals surface area contributed by atoms with Crippen LogP contribution in [-0.2, 0) is 4.74 Å². The molecule has 6 heteroatoms. The molecule has 19 heavy (non-hydrogen) atoms. The molecule has 1 N–H and O–H groups in total. The largest absolute Gasteiger partial charge is 0.494 e. The smallest absolute Gasteiger partial charge is 0.354 e. The normalized spacial score (nSPS) is 10.2. The van der Waals surface area contributed by atoms with Gasteiger partial charge in [0.15, 0.2) is 0 Å². The minimum Gasteiger partial charge on any atom is -0.494 e. The molecule has 0 saturated heterocycles. The van der Waals surface area contributed by atoms with Gasteiger partial charge in [-0.25, -0.2) is 14.6 Å². The number of rotatable bonds is 3. The molecule has 6 nitrogen and oxygen atoms in total. The van der Waals surface area contributed by atoms with Gasteiger partial charge in [-0.1, -0.05) is 6.07 Å². The van der Waals surface area contributed by atoms with Gasteiger partial charge in [0, 0.05) is 5.39 Å². The first-order valence-corrected chi connectivity index (χ1v) is 5.37. The van der Waals surface area contributed by atoms with Crippen LogP contribution < -0.4 is 4.74 Å². The van der Waals surface area contributed by atoms with Crippen molar-refractivity contribution in [1.29, 1.82) is 0 Å². The molecule has 0 aliphatic rings. The van der Waals surface area contributed by atoms with E-state index in [1.807, 2.05) is 0 Å². The lowest BCUT2D eigenvalue weighted by Gasteiger charge is -2.08. The maximum absolute atomic E-state index is 11.5. The number of aromatic carboxylic acids is 1. The third-order valence-electron chi connectivity index (χ3n) is 2.62. The monoisotopic (exact) mass is 261 g/mol. The Balaban J connectivity index is 2.69. The molecular weight excluding hydrogens is 250 g/mol. The van der Waals surface area contributed by atoms with E-state index >= 15 is 0 Å². The lowest BCUT2D eigenvalue weighted by Crippen LogP contribution is -2.04. The molecule has 1 aromatic carbocycles. The third-order valence-corrected chi connectivity index (χ3v) is 2.62. The second-order valence-electron chi connectivity index (χ2n) is 3.74. The van der Waals surface area contributed by atoms with E-state index in [9.17, 15) is 9.59 Å². The molecule has 0 atom stereocenters. The number of esters is 1. The van der Waals surface area contributed by atoms with E-state index < -0.39 is 11.9 Å². The zero-order valence-corrected chi connectivity index (χ0v) is 10.3. The van der Waals surface area contributed by atoms with Crippen LogP contribution in [0.5, 0.6) is 5.75 Å². The predicted molar refractivity (Wildman–Crippen MR) is 66.6 cm³/mol. The number of fused-ring (bicyclic) bond motifs is 1. The highest BCUT2D eigenvalue weighted by molar-refractivity contribution is 5.98. The molecular formula is C13H11NO5. The molecule has 1 heterocycles.